The molecule has 6 nitrogen and oxygen atoms in total. The number of carboxylic acid groups (broad SMARTS) is 1. The molecule has 1 saturated carbocycles. The van der Waals surface area contributed by atoms with Crippen LogP contribution in [0.15, 0.2) is 71.3 Å². The van der Waals surface area contributed by atoms with Gasteiger partial charge in [0.2, 0.25) is 0 Å². The SMILES string of the molecule is O=C(O)C(c1ccc(Br)cn1)N(C(=O)OCC1c2ccccc2-c2ccccc21)C1CC1. The molecule has 2 aromatic carbocycles. The third-order valence-corrected chi connectivity index (χ3v) is 6.50. The number of ether oxygens (including phenoxy) is 1. The highest BCUT2D eigenvalue weighted by molar-refractivity contribution is 9.10. The lowest BCUT2D eigenvalue weighted by molar-refractivity contribution is -0.143. The number of hydrogen-bond acceptors (Lipinski definition) is 4. The second-order valence-corrected chi connectivity index (χ2v) is 9.00. The van der Waals surface area contributed by atoms with Crippen LogP contribution in [-0.2, 0) is 9.53 Å². The van der Waals surface area contributed by atoms with Gasteiger partial charge in [-0.2, -0.15) is 0 Å². The second-order valence-electron chi connectivity index (χ2n) is 8.08. The van der Waals surface area contributed by atoms with E-state index < -0.39 is 18.1 Å². The zero-order valence-electron chi connectivity index (χ0n) is 17.1. The Morgan fingerprint density at radius 3 is 2.19 bits per heavy atom. The molecular formula is C25H21BrN2O4. The van der Waals surface area contributed by atoms with Crippen molar-refractivity contribution in [1.29, 1.82) is 0 Å². The zero-order chi connectivity index (χ0) is 22.2. The molecule has 2 aliphatic rings. The fourth-order valence-corrected chi connectivity index (χ4v) is 4.66. The number of halogens is 1. The highest BCUT2D eigenvalue weighted by Crippen LogP contribution is 2.45. The first-order chi connectivity index (χ1) is 15.5. The van der Waals surface area contributed by atoms with Crippen molar-refractivity contribution in [3.63, 3.8) is 0 Å². The first kappa shape index (κ1) is 20.7. The van der Waals surface area contributed by atoms with Crippen LogP contribution in [0.5, 0.6) is 0 Å². The van der Waals surface area contributed by atoms with Crippen LogP contribution in [0, 0.1) is 0 Å². The average molecular weight is 493 g/mol. The molecule has 0 aliphatic heterocycles. The van der Waals surface area contributed by atoms with E-state index >= 15 is 0 Å². The van der Waals surface area contributed by atoms with Crippen molar-refractivity contribution in [2.75, 3.05) is 6.61 Å². The standard InChI is InChI=1S/C25H21BrN2O4/c26-15-9-12-22(27-13-15)23(24(29)30)28(16-10-11-16)25(31)32-14-21-19-7-3-1-5-17(19)18-6-2-4-8-20(18)21/h1-9,12-13,16,21,23H,10-11,14H2,(H,29,30). The van der Waals surface area contributed by atoms with Crippen LogP contribution in [0.25, 0.3) is 11.1 Å². The summed E-state index contributed by atoms with van der Waals surface area (Å²) in [6.07, 6.45) is 2.43. The maximum Gasteiger partial charge on any atom is 0.411 e. The molecular weight excluding hydrogens is 472 g/mol. The van der Waals surface area contributed by atoms with Crippen LogP contribution in [-0.4, -0.2) is 39.7 Å². The smallest absolute Gasteiger partial charge is 0.411 e. The molecule has 1 N–H and O–H groups in total. The number of aliphatic carboxylic acids is 1. The quantitative estimate of drug-likeness (QED) is 0.499. The predicted octanol–water partition coefficient (Wildman–Crippen LogP) is 5.38. The van der Waals surface area contributed by atoms with Crippen LogP contribution >= 0.6 is 15.9 Å². The van der Waals surface area contributed by atoms with Gasteiger partial charge in [0.15, 0.2) is 6.04 Å². The molecule has 7 heteroatoms. The summed E-state index contributed by atoms with van der Waals surface area (Å²) in [6, 6.07) is 18.2. The van der Waals surface area contributed by atoms with E-state index in [-0.39, 0.29) is 18.6 Å². The van der Waals surface area contributed by atoms with Crippen LogP contribution < -0.4 is 0 Å². The number of fused-ring (bicyclic) bond motifs is 3. The molecule has 2 aliphatic carbocycles. The van der Waals surface area contributed by atoms with Crippen molar-refractivity contribution in [2.24, 2.45) is 0 Å². The molecule has 0 bridgehead atoms. The van der Waals surface area contributed by atoms with E-state index in [1.807, 2.05) is 24.3 Å². The first-order valence-corrected chi connectivity index (χ1v) is 11.3. The highest BCUT2D eigenvalue weighted by Gasteiger charge is 2.43. The Morgan fingerprint density at radius 1 is 1.03 bits per heavy atom. The first-order valence-electron chi connectivity index (χ1n) is 10.5. The van der Waals surface area contributed by atoms with Gasteiger partial charge in [0, 0.05) is 22.6 Å². The van der Waals surface area contributed by atoms with Gasteiger partial charge in [0.1, 0.15) is 6.61 Å². The zero-order valence-corrected chi connectivity index (χ0v) is 18.7. The van der Waals surface area contributed by atoms with Crippen LogP contribution in [0.3, 0.4) is 0 Å². The Hall–Kier alpha value is -3.19. The van der Waals surface area contributed by atoms with Gasteiger partial charge in [0.25, 0.3) is 0 Å². The van der Waals surface area contributed by atoms with E-state index in [0.29, 0.717) is 5.69 Å². The Kier molecular flexibility index (Phi) is 5.43. The Bertz CT molecular complexity index is 1130. The third kappa shape index (κ3) is 3.77. The lowest BCUT2D eigenvalue weighted by atomic mass is 9.98. The summed E-state index contributed by atoms with van der Waals surface area (Å²) in [5, 5.41) is 9.93. The topological polar surface area (TPSA) is 79.7 Å². The van der Waals surface area contributed by atoms with Crippen molar-refractivity contribution < 1.29 is 19.4 Å². The molecule has 0 radical (unpaired) electrons. The van der Waals surface area contributed by atoms with Crippen molar-refractivity contribution in [1.82, 2.24) is 9.88 Å². The van der Waals surface area contributed by atoms with E-state index in [9.17, 15) is 14.7 Å². The Morgan fingerprint density at radius 2 is 1.66 bits per heavy atom. The van der Waals surface area contributed by atoms with E-state index in [1.165, 1.54) is 11.1 Å². The molecule has 1 unspecified atom stereocenters. The Balaban J connectivity index is 1.40. The Labute approximate surface area is 194 Å². The fraction of sp³-hybridized carbons (Fsp3) is 0.240. The van der Waals surface area contributed by atoms with Gasteiger partial charge in [-0.1, -0.05) is 48.5 Å². The maximum atomic E-state index is 13.2. The van der Waals surface area contributed by atoms with Gasteiger partial charge < -0.3 is 9.84 Å². The maximum absolute atomic E-state index is 13.2. The highest BCUT2D eigenvalue weighted by atomic mass is 79.9. The minimum absolute atomic E-state index is 0.0820. The minimum Gasteiger partial charge on any atom is -0.479 e. The number of benzene rings is 2. The molecule has 5 rings (SSSR count). The molecule has 1 amide bonds. The summed E-state index contributed by atoms with van der Waals surface area (Å²) < 4.78 is 6.51. The lowest BCUT2D eigenvalue weighted by Crippen LogP contribution is -2.41. The average Bonchev–Trinajstić information content (AvgIpc) is 3.58. The number of amides is 1. The number of carbonyl (C=O) groups is 2. The molecule has 1 atom stereocenters. The molecule has 1 fully saturated rings. The molecule has 1 aromatic heterocycles. The summed E-state index contributed by atoms with van der Waals surface area (Å²) in [5.74, 6) is -1.21. The number of carbonyl (C=O) groups excluding carboxylic acids is 1. The van der Waals surface area contributed by atoms with Gasteiger partial charge in [-0.3, -0.25) is 9.88 Å². The van der Waals surface area contributed by atoms with Crippen LogP contribution in [0.2, 0.25) is 0 Å². The molecule has 3 aromatic rings. The van der Waals surface area contributed by atoms with E-state index in [4.69, 9.17) is 4.74 Å². The largest absolute Gasteiger partial charge is 0.479 e. The number of pyridine rings is 1. The summed E-state index contributed by atoms with van der Waals surface area (Å²) in [4.78, 5) is 30.9. The number of hydrogen-bond donors (Lipinski definition) is 1. The summed E-state index contributed by atoms with van der Waals surface area (Å²) in [6.45, 7) is 0.149. The van der Waals surface area contributed by atoms with Crippen molar-refractivity contribution in [3.05, 3.63) is 88.2 Å². The molecule has 32 heavy (non-hydrogen) atoms. The normalized spacial score (nSPS) is 15.5. The number of carboxylic acids is 1. The van der Waals surface area contributed by atoms with Crippen LogP contribution in [0.4, 0.5) is 4.79 Å². The van der Waals surface area contributed by atoms with Gasteiger partial charge in [-0.15, -0.1) is 0 Å². The second kappa shape index (κ2) is 8.39. The minimum atomic E-state index is -1.19. The van der Waals surface area contributed by atoms with Gasteiger partial charge in [0.05, 0.1) is 5.69 Å². The molecule has 0 saturated heterocycles. The van der Waals surface area contributed by atoms with Gasteiger partial charge >= 0.3 is 12.1 Å². The van der Waals surface area contributed by atoms with E-state index in [1.54, 1.807) is 12.1 Å². The fourth-order valence-electron chi connectivity index (χ4n) is 4.42. The number of nitrogens with zero attached hydrogens (tertiary/aromatic N) is 2. The summed E-state index contributed by atoms with van der Waals surface area (Å²) in [7, 11) is 0. The van der Waals surface area contributed by atoms with E-state index in [0.717, 1.165) is 39.6 Å². The van der Waals surface area contributed by atoms with Gasteiger partial charge in [-0.05, 0) is 63.2 Å². The lowest BCUT2D eigenvalue weighted by Gasteiger charge is -2.28. The number of aromatic nitrogens is 1. The monoisotopic (exact) mass is 492 g/mol. The van der Waals surface area contributed by atoms with Gasteiger partial charge in [-0.25, -0.2) is 9.59 Å². The van der Waals surface area contributed by atoms with Crippen molar-refractivity contribution in [2.45, 2.75) is 30.8 Å². The summed E-state index contributed by atoms with van der Waals surface area (Å²) in [5.41, 5.74) is 4.82. The molecule has 0 spiro atoms. The molecule has 1 heterocycles. The number of rotatable bonds is 6. The van der Waals surface area contributed by atoms with Crippen molar-refractivity contribution >= 4 is 28.0 Å². The van der Waals surface area contributed by atoms with Crippen molar-refractivity contribution in [3.8, 4) is 11.1 Å². The summed E-state index contributed by atoms with van der Waals surface area (Å²) >= 11 is 3.31. The molecule has 162 valence electrons. The van der Waals surface area contributed by atoms with E-state index in [2.05, 4.69) is 45.2 Å². The predicted molar refractivity (Wildman–Crippen MR) is 122 cm³/mol. The third-order valence-electron chi connectivity index (χ3n) is 6.03. The van der Waals surface area contributed by atoms with Crippen LogP contribution in [0.1, 0.15) is 41.6 Å².